The van der Waals surface area contributed by atoms with Gasteiger partial charge in [-0.1, -0.05) is 11.3 Å². The molecule has 1 aromatic carbocycles. The largest absolute Gasteiger partial charge is 0.490 e. The highest BCUT2D eigenvalue weighted by Crippen LogP contribution is 2.37. The lowest BCUT2D eigenvalue weighted by atomic mass is 10.3. The van der Waals surface area contributed by atoms with Crippen molar-refractivity contribution in [3.8, 4) is 11.5 Å². The third-order valence-electron chi connectivity index (χ3n) is 3.93. The summed E-state index contributed by atoms with van der Waals surface area (Å²) < 4.78 is 12.3. The lowest BCUT2D eigenvalue weighted by Crippen LogP contribution is -2.27. The lowest BCUT2D eigenvalue weighted by molar-refractivity contribution is -0.116. The zero-order valence-corrected chi connectivity index (χ0v) is 16.0. The number of carbonyl (C=O) groups excluding carboxylic acids is 2. The van der Waals surface area contributed by atoms with Gasteiger partial charge in [-0.2, -0.15) is 11.3 Å². The van der Waals surface area contributed by atoms with Gasteiger partial charge in [0, 0.05) is 42.5 Å². The molecule has 27 heavy (non-hydrogen) atoms. The molecule has 0 atom stereocenters. The third-order valence-corrected chi connectivity index (χ3v) is 5.54. The van der Waals surface area contributed by atoms with Crippen LogP contribution in [0.2, 0.25) is 0 Å². The Hall–Kier alpha value is -2.65. The molecule has 0 saturated heterocycles. The zero-order chi connectivity index (χ0) is 18.6. The van der Waals surface area contributed by atoms with Gasteiger partial charge in [-0.25, -0.2) is 4.98 Å². The number of nitrogens with zero attached hydrogens (tertiary/aromatic N) is 1. The van der Waals surface area contributed by atoms with Crippen LogP contribution in [0, 0.1) is 0 Å². The fourth-order valence-corrected chi connectivity index (χ4v) is 4.13. The van der Waals surface area contributed by atoms with E-state index in [2.05, 4.69) is 15.6 Å². The molecule has 2 N–H and O–H groups in total. The molecule has 0 saturated carbocycles. The Labute approximate surface area is 163 Å². The predicted octanol–water partition coefficient (Wildman–Crippen LogP) is 3.28. The van der Waals surface area contributed by atoms with Gasteiger partial charge in [0.15, 0.2) is 16.6 Å². The number of hydrogen-bond donors (Lipinski definition) is 2. The van der Waals surface area contributed by atoms with E-state index in [4.69, 9.17) is 9.47 Å². The van der Waals surface area contributed by atoms with Crippen LogP contribution < -0.4 is 20.1 Å². The van der Waals surface area contributed by atoms with Crippen LogP contribution in [-0.4, -0.2) is 36.6 Å². The van der Waals surface area contributed by atoms with Gasteiger partial charge in [0.25, 0.3) is 5.91 Å². The molecular weight excluding hydrogens is 386 g/mol. The van der Waals surface area contributed by atoms with E-state index in [0.717, 1.165) is 16.6 Å². The molecule has 0 bridgehead atoms. The Kier molecular flexibility index (Phi) is 5.21. The van der Waals surface area contributed by atoms with E-state index < -0.39 is 0 Å². The molecule has 2 aromatic heterocycles. The molecule has 0 radical (unpaired) electrons. The fourth-order valence-electron chi connectivity index (χ4n) is 2.61. The summed E-state index contributed by atoms with van der Waals surface area (Å²) in [5, 5.41) is 9.63. The first-order valence-corrected chi connectivity index (χ1v) is 10.3. The van der Waals surface area contributed by atoms with Crippen molar-refractivity contribution < 1.29 is 19.1 Å². The summed E-state index contributed by atoms with van der Waals surface area (Å²) in [6.45, 7) is 1.50. The van der Waals surface area contributed by atoms with E-state index in [1.54, 1.807) is 11.4 Å². The molecule has 1 aliphatic heterocycles. The Bertz CT molecular complexity index is 926. The zero-order valence-electron chi connectivity index (χ0n) is 14.3. The van der Waals surface area contributed by atoms with Crippen LogP contribution >= 0.6 is 22.7 Å². The molecule has 0 spiro atoms. The first-order valence-electron chi connectivity index (χ1n) is 8.49. The average molecular weight is 403 g/mol. The number of aromatic nitrogens is 1. The molecule has 0 aliphatic carbocycles. The van der Waals surface area contributed by atoms with E-state index in [9.17, 15) is 9.59 Å². The van der Waals surface area contributed by atoms with Crippen LogP contribution in [0.15, 0.2) is 29.0 Å². The number of nitrogens with one attached hydrogen (secondary N) is 2. The summed E-state index contributed by atoms with van der Waals surface area (Å²) in [4.78, 5) is 28.4. The molecule has 9 heteroatoms. The molecule has 1 aliphatic rings. The normalized spacial score (nSPS) is 13.2. The van der Waals surface area contributed by atoms with Crippen molar-refractivity contribution in [3.05, 3.63) is 34.5 Å². The van der Waals surface area contributed by atoms with Gasteiger partial charge in [0.05, 0.1) is 23.4 Å². The minimum absolute atomic E-state index is 0.175. The standard InChI is InChI=1S/C18H17N3O4S2/c22-16(2-4-19-17(23)11-3-7-26-10-11)21-18-20-12-8-13-14(9-15(12)27-18)25-6-1-5-24-13/h3,7-10H,1-2,4-6H2,(H,19,23)(H,20,21,22). The van der Waals surface area contributed by atoms with Crippen molar-refractivity contribution in [1.29, 1.82) is 0 Å². The van der Waals surface area contributed by atoms with Crippen molar-refractivity contribution in [3.63, 3.8) is 0 Å². The summed E-state index contributed by atoms with van der Waals surface area (Å²) in [6, 6.07) is 5.48. The van der Waals surface area contributed by atoms with Gasteiger partial charge in [0.2, 0.25) is 5.91 Å². The summed E-state index contributed by atoms with van der Waals surface area (Å²) >= 11 is 2.84. The number of ether oxygens (including phenoxy) is 2. The van der Waals surface area contributed by atoms with Crippen molar-refractivity contribution in [1.82, 2.24) is 10.3 Å². The molecule has 4 rings (SSSR count). The highest BCUT2D eigenvalue weighted by Gasteiger charge is 2.15. The predicted molar refractivity (Wildman–Crippen MR) is 105 cm³/mol. The van der Waals surface area contributed by atoms with Crippen molar-refractivity contribution >= 4 is 49.8 Å². The van der Waals surface area contributed by atoms with Crippen molar-refractivity contribution in [2.24, 2.45) is 0 Å². The number of hydrogen-bond acceptors (Lipinski definition) is 7. The van der Waals surface area contributed by atoms with Gasteiger partial charge in [-0.15, -0.1) is 0 Å². The number of carbonyl (C=O) groups is 2. The second-order valence-corrected chi connectivity index (χ2v) is 7.71. The smallest absolute Gasteiger partial charge is 0.252 e. The van der Waals surface area contributed by atoms with Crippen molar-refractivity contribution in [2.75, 3.05) is 25.1 Å². The first kappa shape index (κ1) is 17.7. The summed E-state index contributed by atoms with van der Waals surface area (Å²) in [6.07, 6.45) is 1.02. The topological polar surface area (TPSA) is 89.6 Å². The number of benzene rings is 1. The molecule has 3 aromatic rings. The van der Waals surface area contributed by atoms with Gasteiger partial charge in [-0.3, -0.25) is 9.59 Å². The fraction of sp³-hybridized carbons (Fsp3) is 0.278. The van der Waals surface area contributed by atoms with Gasteiger partial charge in [0.1, 0.15) is 0 Å². The lowest BCUT2D eigenvalue weighted by Gasteiger charge is -2.05. The van der Waals surface area contributed by atoms with Crippen LogP contribution in [0.5, 0.6) is 11.5 Å². The highest BCUT2D eigenvalue weighted by atomic mass is 32.1. The Balaban J connectivity index is 1.35. The van der Waals surface area contributed by atoms with Crippen molar-refractivity contribution in [2.45, 2.75) is 12.8 Å². The monoisotopic (exact) mass is 403 g/mol. The second-order valence-electron chi connectivity index (χ2n) is 5.90. The quantitative estimate of drug-likeness (QED) is 0.682. The Morgan fingerprint density at radius 3 is 2.78 bits per heavy atom. The van der Waals surface area contributed by atoms with E-state index in [1.165, 1.54) is 22.7 Å². The molecule has 7 nitrogen and oxygen atoms in total. The molecule has 0 fully saturated rings. The minimum atomic E-state index is -0.200. The number of thiazole rings is 1. The SMILES string of the molecule is O=C(CCNC(=O)c1ccsc1)Nc1nc2cc3c(cc2s1)OCCCO3. The summed E-state index contributed by atoms with van der Waals surface area (Å²) in [5.74, 6) is 1.01. The molecule has 3 heterocycles. The van der Waals surface area contributed by atoms with E-state index in [0.29, 0.717) is 35.4 Å². The van der Waals surface area contributed by atoms with Crippen LogP contribution in [0.1, 0.15) is 23.2 Å². The minimum Gasteiger partial charge on any atom is -0.490 e. The maximum absolute atomic E-state index is 12.1. The van der Waals surface area contributed by atoms with Crippen LogP contribution in [-0.2, 0) is 4.79 Å². The highest BCUT2D eigenvalue weighted by molar-refractivity contribution is 7.22. The summed E-state index contributed by atoms with van der Waals surface area (Å²) in [7, 11) is 0. The molecule has 0 unspecified atom stereocenters. The van der Waals surface area contributed by atoms with Gasteiger partial charge >= 0.3 is 0 Å². The Morgan fingerprint density at radius 2 is 2.00 bits per heavy atom. The third kappa shape index (κ3) is 4.20. The van der Waals surface area contributed by atoms with Crippen LogP contribution in [0.25, 0.3) is 10.2 Å². The average Bonchev–Trinajstić information content (AvgIpc) is 3.25. The Morgan fingerprint density at radius 1 is 1.19 bits per heavy atom. The second kappa shape index (κ2) is 7.93. The van der Waals surface area contributed by atoms with Gasteiger partial charge in [-0.05, 0) is 11.4 Å². The van der Waals surface area contributed by atoms with Crippen LogP contribution in [0.3, 0.4) is 0 Å². The number of fused-ring (bicyclic) bond motifs is 2. The number of amides is 2. The van der Waals surface area contributed by atoms with E-state index in [-0.39, 0.29) is 24.8 Å². The molecular formula is C18H17N3O4S2. The number of anilines is 1. The molecule has 2 amide bonds. The number of rotatable bonds is 5. The summed E-state index contributed by atoms with van der Waals surface area (Å²) in [5.41, 5.74) is 1.36. The molecule has 140 valence electrons. The van der Waals surface area contributed by atoms with Gasteiger partial charge < -0.3 is 20.1 Å². The maximum Gasteiger partial charge on any atom is 0.252 e. The van der Waals surface area contributed by atoms with Crippen LogP contribution in [0.4, 0.5) is 5.13 Å². The van der Waals surface area contributed by atoms with E-state index >= 15 is 0 Å². The van der Waals surface area contributed by atoms with E-state index in [1.807, 2.05) is 17.5 Å². The first-order chi connectivity index (χ1) is 13.2. The number of thiophene rings is 1. The maximum atomic E-state index is 12.1.